The van der Waals surface area contributed by atoms with E-state index in [1.54, 1.807) is 7.05 Å². The third kappa shape index (κ3) is 5.67. The molecule has 2 N–H and O–H groups in total. The van der Waals surface area contributed by atoms with Crippen LogP contribution in [-0.2, 0) is 11.2 Å². The molecule has 28 heavy (non-hydrogen) atoms. The van der Waals surface area contributed by atoms with Crippen LogP contribution in [0.5, 0.6) is 0 Å². The van der Waals surface area contributed by atoms with E-state index in [9.17, 15) is 9.59 Å². The number of piperidine rings is 1. The lowest BCUT2D eigenvalue weighted by Gasteiger charge is -2.26. The molecule has 1 fully saturated rings. The number of nitrogens with zero attached hydrogens (tertiary/aromatic N) is 1. The van der Waals surface area contributed by atoms with E-state index in [2.05, 4.69) is 15.5 Å². The molecule has 0 aliphatic carbocycles. The lowest BCUT2D eigenvalue weighted by Crippen LogP contribution is -2.37. The molecule has 1 aliphatic heterocycles. The van der Waals surface area contributed by atoms with Crippen molar-refractivity contribution in [1.82, 2.24) is 15.5 Å². The molecule has 0 atom stereocenters. The average molecular weight is 380 g/mol. The van der Waals surface area contributed by atoms with Crippen molar-refractivity contribution < 1.29 is 9.59 Å². The second-order valence-electron chi connectivity index (χ2n) is 7.29. The first-order chi connectivity index (χ1) is 13.7. The van der Waals surface area contributed by atoms with Gasteiger partial charge in [0.05, 0.1) is 6.42 Å². The molecule has 0 radical (unpaired) electrons. The third-order valence-electron chi connectivity index (χ3n) is 5.22. The highest BCUT2D eigenvalue weighted by Gasteiger charge is 2.11. The van der Waals surface area contributed by atoms with Gasteiger partial charge in [0.15, 0.2) is 0 Å². The van der Waals surface area contributed by atoms with Crippen molar-refractivity contribution in [2.24, 2.45) is 0 Å². The first-order valence-corrected chi connectivity index (χ1v) is 10.1. The van der Waals surface area contributed by atoms with E-state index in [-0.39, 0.29) is 11.8 Å². The van der Waals surface area contributed by atoms with Gasteiger partial charge in [-0.25, -0.2) is 0 Å². The number of benzene rings is 2. The number of hydrogen-bond acceptors (Lipinski definition) is 3. The predicted octanol–water partition coefficient (Wildman–Crippen LogP) is 2.86. The van der Waals surface area contributed by atoms with Gasteiger partial charge in [0.1, 0.15) is 0 Å². The topological polar surface area (TPSA) is 61.4 Å². The summed E-state index contributed by atoms with van der Waals surface area (Å²) in [6.07, 6.45) is 4.22. The van der Waals surface area contributed by atoms with Gasteiger partial charge in [0.2, 0.25) is 5.91 Å². The second kappa shape index (κ2) is 10.0. The molecule has 0 aromatic heterocycles. The van der Waals surface area contributed by atoms with Crippen LogP contribution < -0.4 is 10.6 Å². The Hall–Kier alpha value is -2.66. The molecule has 0 spiro atoms. The van der Waals surface area contributed by atoms with Gasteiger partial charge >= 0.3 is 0 Å². The van der Waals surface area contributed by atoms with Crippen LogP contribution in [0.4, 0.5) is 0 Å². The van der Waals surface area contributed by atoms with E-state index in [1.165, 1.54) is 19.3 Å². The zero-order chi connectivity index (χ0) is 19.8. The maximum Gasteiger partial charge on any atom is 0.251 e. The van der Waals surface area contributed by atoms with Gasteiger partial charge in [0.25, 0.3) is 5.91 Å². The Bertz CT molecular complexity index is 796. The summed E-state index contributed by atoms with van der Waals surface area (Å²) in [4.78, 5) is 26.4. The number of nitrogens with one attached hydrogen (secondary N) is 2. The van der Waals surface area contributed by atoms with Crippen molar-refractivity contribution in [3.63, 3.8) is 0 Å². The quantitative estimate of drug-likeness (QED) is 0.778. The number of amides is 2. The Balaban J connectivity index is 1.58. The number of likely N-dealkylation sites (tertiary alicyclic amines) is 1. The highest BCUT2D eigenvalue weighted by Crippen LogP contribution is 2.21. The van der Waals surface area contributed by atoms with Crippen molar-refractivity contribution in [1.29, 1.82) is 0 Å². The van der Waals surface area contributed by atoms with E-state index in [4.69, 9.17) is 0 Å². The summed E-state index contributed by atoms with van der Waals surface area (Å²) in [7, 11) is 1.64. The van der Waals surface area contributed by atoms with Gasteiger partial charge in [-0.15, -0.1) is 0 Å². The molecular weight excluding hydrogens is 350 g/mol. The molecule has 0 bridgehead atoms. The third-order valence-corrected chi connectivity index (χ3v) is 5.22. The Labute approximate surface area is 167 Å². The Morgan fingerprint density at radius 2 is 1.71 bits per heavy atom. The van der Waals surface area contributed by atoms with Crippen LogP contribution in [0.3, 0.4) is 0 Å². The molecule has 3 rings (SSSR count). The molecular formula is C23H29N3O2. The number of carbonyl (C=O) groups excluding carboxylic acids is 2. The SMILES string of the molecule is CNC(=O)Cc1ccc(-c2cccc(C(=O)NCCN3CCCCC3)c2)cc1. The van der Waals surface area contributed by atoms with Crippen LogP contribution in [0.1, 0.15) is 35.2 Å². The van der Waals surface area contributed by atoms with Crippen LogP contribution in [0.2, 0.25) is 0 Å². The van der Waals surface area contributed by atoms with Crippen LogP contribution in [-0.4, -0.2) is 49.9 Å². The van der Waals surface area contributed by atoms with Crippen LogP contribution >= 0.6 is 0 Å². The first kappa shape index (κ1) is 20.1. The Kier molecular flexibility index (Phi) is 7.20. The van der Waals surface area contributed by atoms with Crippen molar-refractivity contribution in [3.05, 3.63) is 59.7 Å². The standard InChI is InChI=1S/C23H29N3O2/c1-24-22(27)16-18-8-10-19(11-9-18)20-6-5-7-21(17-20)23(28)25-12-15-26-13-3-2-4-14-26/h5-11,17H,2-4,12-16H2,1H3,(H,24,27)(H,25,28). The lowest BCUT2D eigenvalue weighted by atomic mass is 10.0. The molecule has 5 nitrogen and oxygen atoms in total. The average Bonchev–Trinajstić information content (AvgIpc) is 2.75. The molecule has 5 heteroatoms. The van der Waals surface area contributed by atoms with Crippen molar-refractivity contribution in [2.75, 3.05) is 33.2 Å². The van der Waals surface area contributed by atoms with E-state index in [0.717, 1.165) is 36.3 Å². The summed E-state index contributed by atoms with van der Waals surface area (Å²) in [6, 6.07) is 15.6. The minimum absolute atomic E-state index is 0.00373. The molecule has 0 saturated carbocycles. The van der Waals surface area contributed by atoms with Crippen LogP contribution in [0, 0.1) is 0 Å². The zero-order valence-corrected chi connectivity index (χ0v) is 16.5. The normalized spacial score (nSPS) is 14.5. The maximum absolute atomic E-state index is 12.5. The molecule has 2 aromatic rings. The fourth-order valence-corrected chi connectivity index (χ4v) is 3.54. The summed E-state index contributed by atoms with van der Waals surface area (Å²) in [5.41, 5.74) is 3.67. The lowest BCUT2D eigenvalue weighted by molar-refractivity contribution is -0.119. The first-order valence-electron chi connectivity index (χ1n) is 10.1. The van der Waals surface area contributed by atoms with Gasteiger partial charge in [-0.3, -0.25) is 9.59 Å². The van der Waals surface area contributed by atoms with Gasteiger partial charge in [-0.05, 0) is 54.8 Å². The smallest absolute Gasteiger partial charge is 0.251 e. The fraction of sp³-hybridized carbons (Fsp3) is 0.391. The summed E-state index contributed by atoms with van der Waals surface area (Å²) < 4.78 is 0. The van der Waals surface area contributed by atoms with Gasteiger partial charge in [0, 0.05) is 25.7 Å². The number of likely N-dealkylation sites (N-methyl/N-ethyl adjacent to an activating group) is 1. The number of carbonyl (C=O) groups is 2. The highest BCUT2D eigenvalue weighted by molar-refractivity contribution is 5.95. The largest absolute Gasteiger partial charge is 0.359 e. The van der Waals surface area contributed by atoms with E-state index < -0.39 is 0 Å². The molecule has 1 heterocycles. The summed E-state index contributed by atoms with van der Waals surface area (Å²) in [6.45, 7) is 3.87. The molecule has 1 saturated heterocycles. The molecule has 0 unspecified atom stereocenters. The second-order valence-corrected chi connectivity index (χ2v) is 7.29. The van der Waals surface area contributed by atoms with Crippen LogP contribution in [0.15, 0.2) is 48.5 Å². The summed E-state index contributed by atoms with van der Waals surface area (Å²) >= 11 is 0. The highest BCUT2D eigenvalue weighted by atomic mass is 16.2. The fourth-order valence-electron chi connectivity index (χ4n) is 3.54. The van der Waals surface area contributed by atoms with Gasteiger partial charge < -0.3 is 15.5 Å². The number of hydrogen-bond donors (Lipinski definition) is 2. The van der Waals surface area contributed by atoms with E-state index in [1.807, 2.05) is 48.5 Å². The minimum Gasteiger partial charge on any atom is -0.359 e. The monoisotopic (exact) mass is 379 g/mol. The van der Waals surface area contributed by atoms with Gasteiger partial charge in [-0.2, -0.15) is 0 Å². The van der Waals surface area contributed by atoms with Crippen LogP contribution in [0.25, 0.3) is 11.1 Å². The van der Waals surface area contributed by atoms with E-state index >= 15 is 0 Å². The Morgan fingerprint density at radius 3 is 2.43 bits per heavy atom. The van der Waals surface area contributed by atoms with E-state index in [0.29, 0.717) is 18.5 Å². The van der Waals surface area contributed by atoms with Crippen molar-refractivity contribution >= 4 is 11.8 Å². The molecule has 2 aromatic carbocycles. The zero-order valence-electron chi connectivity index (χ0n) is 16.5. The summed E-state index contributed by atoms with van der Waals surface area (Å²) in [5, 5.41) is 5.67. The summed E-state index contributed by atoms with van der Waals surface area (Å²) in [5.74, 6) is -0.0360. The van der Waals surface area contributed by atoms with Crippen molar-refractivity contribution in [3.8, 4) is 11.1 Å². The predicted molar refractivity (Wildman–Crippen MR) is 112 cm³/mol. The van der Waals surface area contributed by atoms with Gasteiger partial charge in [-0.1, -0.05) is 42.8 Å². The van der Waals surface area contributed by atoms with Crippen molar-refractivity contribution in [2.45, 2.75) is 25.7 Å². The maximum atomic E-state index is 12.5. The molecule has 1 aliphatic rings. The molecule has 148 valence electrons. The number of rotatable bonds is 7. The minimum atomic E-state index is -0.0323. The molecule has 2 amide bonds. The Morgan fingerprint density at radius 1 is 0.964 bits per heavy atom.